The molecule has 0 aliphatic heterocycles. The quantitative estimate of drug-likeness (QED) is 0.677. The molecule has 4 nitrogen and oxygen atoms in total. The number of anilines is 1. The van der Waals surface area contributed by atoms with Crippen LogP contribution in [0.5, 0.6) is 0 Å². The molecule has 2 N–H and O–H groups in total. The molecule has 1 heterocycles. The summed E-state index contributed by atoms with van der Waals surface area (Å²) in [7, 11) is 0. The van der Waals surface area contributed by atoms with Crippen LogP contribution in [0.1, 0.15) is 11.3 Å². The van der Waals surface area contributed by atoms with Gasteiger partial charge in [0.2, 0.25) is 0 Å². The fourth-order valence-corrected chi connectivity index (χ4v) is 2.70. The van der Waals surface area contributed by atoms with Gasteiger partial charge in [-0.2, -0.15) is 0 Å². The maximum atomic E-state index is 12.2. The number of aromatic nitrogens is 1. The topological polar surface area (TPSA) is 54.0 Å². The number of carbonyl (C=O) groups is 1. The minimum Gasteiger partial charge on any atom is -0.334 e. The van der Waals surface area contributed by atoms with Crippen molar-refractivity contribution in [2.75, 3.05) is 5.32 Å². The highest BCUT2D eigenvalue weighted by atomic mass is 35.5. The minimum atomic E-state index is -0.289. The Balaban J connectivity index is 1.71. The highest BCUT2D eigenvalue weighted by Gasteiger charge is 2.07. The third-order valence-electron chi connectivity index (χ3n) is 3.59. The lowest BCUT2D eigenvalue weighted by Crippen LogP contribution is -2.28. The molecule has 0 spiro atoms. The first kappa shape index (κ1) is 16.6. The van der Waals surface area contributed by atoms with E-state index in [2.05, 4.69) is 15.6 Å². The summed E-state index contributed by atoms with van der Waals surface area (Å²) in [5.41, 5.74) is 2.51. The van der Waals surface area contributed by atoms with Crippen molar-refractivity contribution in [3.8, 4) is 0 Å². The third-order valence-corrected chi connectivity index (χ3v) is 4.32. The van der Waals surface area contributed by atoms with Crippen LogP contribution in [0.15, 0.2) is 48.7 Å². The van der Waals surface area contributed by atoms with Gasteiger partial charge in [-0.1, -0.05) is 41.4 Å². The van der Waals surface area contributed by atoms with E-state index >= 15 is 0 Å². The van der Waals surface area contributed by atoms with Gasteiger partial charge in [0.25, 0.3) is 0 Å². The zero-order valence-electron chi connectivity index (χ0n) is 12.9. The lowest BCUT2D eigenvalue weighted by atomic mass is 10.1. The van der Waals surface area contributed by atoms with Gasteiger partial charge in [-0.25, -0.2) is 4.79 Å². The molecule has 2 amide bonds. The summed E-state index contributed by atoms with van der Waals surface area (Å²) >= 11 is 11.9. The van der Waals surface area contributed by atoms with Crippen LogP contribution in [0.3, 0.4) is 0 Å². The molecular formula is C18H15Cl2N3O. The van der Waals surface area contributed by atoms with E-state index in [1.165, 1.54) is 0 Å². The van der Waals surface area contributed by atoms with E-state index in [4.69, 9.17) is 23.2 Å². The first-order chi connectivity index (χ1) is 11.5. The van der Waals surface area contributed by atoms with Crippen LogP contribution in [0.2, 0.25) is 10.0 Å². The summed E-state index contributed by atoms with van der Waals surface area (Å²) in [6, 6.07) is 12.6. The molecule has 0 aliphatic rings. The normalized spacial score (nSPS) is 10.6. The number of hydrogen-bond acceptors (Lipinski definition) is 2. The van der Waals surface area contributed by atoms with E-state index in [1.807, 2.05) is 37.3 Å². The number of halogens is 2. The summed E-state index contributed by atoms with van der Waals surface area (Å²) in [6.07, 6.45) is 1.80. The third kappa shape index (κ3) is 3.78. The predicted octanol–water partition coefficient (Wildman–Crippen LogP) is 5.17. The van der Waals surface area contributed by atoms with Crippen molar-refractivity contribution in [1.82, 2.24) is 10.3 Å². The molecule has 6 heteroatoms. The van der Waals surface area contributed by atoms with Gasteiger partial charge < -0.3 is 10.6 Å². The van der Waals surface area contributed by atoms with Crippen molar-refractivity contribution in [1.29, 1.82) is 0 Å². The largest absolute Gasteiger partial charge is 0.334 e. The second kappa shape index (κ2) is 7.07. The first-order valence-electron chi connectivity index (χ1n) is 7.37. The molecule has 24 heavy (non-hydrogen) atoms. The smallest absolute Gasteiger partial charge is 0.319 e. The number of amides is 2. The molecule has 0 aliphatic carbocycles. The number of nitrogens with zero attached hydrogens (tertiary/aromatic N) is 1. The second-order valence-corrected chi connectivity index (χ2v) is 6.22. The van der Waals surface area contributed by atoms with Crippen LogP contribution < -0.4 is 10.6 Å². The number of carbonyl (C=O) groups excluding carboxylic acids is 1. The van der Waals surface area contributed by atoms with E-state index in [0.717, 1.165) is 27.7 Å². The van der Waals surface area contributed by atoms with Crippen LogP contribution in [-0.4, -0.2) is 11.0 Å². The number of aryl methyl sites for hydroxylation is 1. The standard InChI is InChI=1S/C18H15Cl2N3O/c1-11-7-14-13(10-21-11)3-2-4-17(14)23-18(24)22-9-12-5-6-15(19)16(20)8-12/h2-8,10H,9H2,1H3,(H2,22,23,24). The lowest BCUT2D eigenvalue weighted by Gasteiger charge is -2.11. The van der Waals surface area contributed by atoms with Crippen LogP contribution in [-0.2, 0) is 6.54 Å². The predicted molar refractivity (Wildman–Crippen MR) is 98.8 cm³/mol. The Hall–Kier alpha value is -2.30. The van der Waals surface area contributed by atoms with E-state index in [-0.39, 0.29) is 6.03 Å². The van der Waals surface area contributed by atoms with Crippen LogP contribution >= 0.6 is 23.2 Å². The lowest BCUT2D eigenvalue weighted by molar-refractivity contribution is 0.252. The van der Waals surface area contributed by atoms with Gasteiger partial charge in [0.05, 0.1) is 15.7 Å². The molecular weight excluding hydrogens is 345 g/mol. The number of urea groups is 1. The van der Waals surface area contributed by atoms with Crippen LogP contribution in [0.4, 0.5) is 10.5 Å². The molecule has 0 atom stereocenters. The molecule has 2 aromatic carbocycles. The van der Waals surface area contributed by atoms with Gasteiger partial charge >= 0.3 is 6.03 Å². The highest BCUT2D eigenvalue weighted by molar-refractivity contribution is 6.42. The van der Waals surface area contributed by atoms with E-state index < -0.39 is 0 Å². The Bertz CT molecular complexity index is 912. The highest BCUT2D eigenvalue weighted by Crippen LogP contribution is 2.24. The van der Waals surface area contributed by atoms with E-state index in [1.54, 1.807) is 18.3 Å². The van der Waals surface area contributed by atoms with Crippen molar-refractivity contribution < 1.29 is 4.79 Å². The van der Waals surface area contributed by atoms with Gasteiger partial charge in [-0.15, -0.1) is 0 Å². The maximum absolute atomic E-state index is 12.2. The summed E-state index contributed by atoms with van der Waals surface area (Å²) in [4.78, 5) is 16.4. The fourth-order valence-electron chi connectivity index (χ4n) is 2.38. The van der Waals surface area contributed by atoms with Gasteiger partial charge in [-0.3, -0.25) is 4.98 Å². The fraction of sp³-hybridized carbons (Fsp3) is 0.111. The van der Waals surface area contributed by atoms with Crippen LogP contribution in [0, 0.1) is 6.92 Å². The van der Waals surface area contributed by atoms with Gasteiger partial charge in [-0.05, 0) is 36.8 Å². The van der Waals surface area contributed by atoms with Gasteiger partial charge in [0, 0.05) is 29.2 Å². The molecule has 122 valence electrons. The van der Waals surface area contributed by atoms with Gasteiger partial charge in [0.1, 0.15) is 0 Å². The summed E-state index contributed by atoms with van der Waals surface area (Å²) < 4.78 is 0. The van der Waals surface area contributed by atoms with Crippen LogP contribution in [0.25, 0.3) is 10.8 Å². The number of fused-ring (bicyclic) bond motifs is 1. The van der Waals surface area contributed by atoms with Crippen molar-refractivity contribution in [3.63, 3.8) is 0 Å². The van der Waals surface area contributed by atoms with Crippen molar-refractivity contribution in [2.45, 2.75) is 13.5 Å². The average molecular weight is 360 g/mol. The number of rotatable bonds is 3. The van der Waals surface area contributed by atoms with Gasteiger partial charge in [0.15, 0.2) is 0 Å². The molecule has 1 aromatic heterocycles. The summed E-state index contributed by atoms with van der Waals surface area (Å²) in [5, 5.41) is 8.56. The molecule has 3 rings (SSSR count). The zero-order chi connectivity index (χ0) is 17.1. The maximum Gasteiger partial charge on any atom is 0.319 e. The molecule has 0 saturated heterocycles. The molecule has 0 radical (unpaired) electrons. The van der Waals surface area contributed by atoms with Crippen molar-refractivity contribution in [2.24, 2.45) is 0 Å². The number of nitrogens with one attached hydrogen (secondary N) is 2. The molecule has 3 aromatic rings. The Labute approximate surface area is 149 Å². The zero-order valence-corrected chi connectivity index (χ0v) is 14.4. The summed E-state index contributed by atoms with van der Waals surface area (Å²) in [5.74, 6) is 0. The molecule has 0 bridgehead atoms. The van der Waals surface area contributed by atoms with E-state index in [0.29, 0.717) is 16.6 Å². The molecule has 0 unspecified atom stereocenters. The SMILES string of the molecule is Cc1cc2c(NC(=O)NCc3ccc(Cl)c(Cl)c3)cccc2cn1. The summed E-state index contributed by atoms with van der Waals surface area (Å²) in [6.45, 7) is 2.27. The number of hydrogen-bond donors (Lipinski definition) is 2. The molecule has 0 saturated carbocycles. The number of pyridine rings is 1. The monoisotopic (exact) mass is 359 g/mol. The Morgan fingerprint density at radius 2 is 1.96 bits per heavy atom. The van der Waals surface area contributed by atoms with Crippen molar-refractivity contribution >= 4 is 45.7 Å². The first-order valence-corrected chi connectivity index (χ1v) is 8.13. The second-order valence-electron chi connectivity index (χ2n) is 5.41. The average Bonchev–Trinajstić information content (AvgIpc) is 2.56. The Morgan fingerprint density at radius 1 is 1.12 bits per heavy atom. The van der Waals surface area contributed by atoms with E-state index in [9.17, 15) is 4.79 Å². The molecule has 0 fully saturated rings. The number of benzene rings is 2. The van der Waals surface area contributed by atoms with Crippen molar-refractivity contribution in [3.05, 3.63) is 70.0 Å². The minimum absolute atomic E-state index is 0.289. The Morgan fingerprint density at radius 3 is 2.75 bits per heavy atom. The Kier molecular flexibility index (Phi) is 4.88.